The summed E-state index contributed by atoms with van der Waals surface area (Å²) in [5, 5.41) is 22.0. The van der Waals surface area contributed by atoms with Crippen LogP contribution in [0.1, 0.15) is 238 Å². The number of hydrogen-bond acceptors (Lipinski definition) is 4. The quantitative estimate of drug-likeness (QED) is 0.0458. The molecule has 0 aliphatic heterocycles. The maximum absolute atomic E-state index is 11.6. The van der Waals surface area contributed by atoms with Crippen LogP contribution in [0.4, 0.5) is 0 Å². The Kier molecular flexibility index (Phi) is 48.0. The fourth-order valence-corrected chi connectivity index (χ4v) is 6.63. The number of aliphatic carboxylic acids is 2. The van der Waals surface area contributed by atoms with Gasteiger partial charge in [-0.2, -0.15) is 0 Å². The molecule has 0 radical (unpaired) electrons. The predicted molar refractivity (Wildman–Crippen MR) is 185 cm³/mol. The molecule has 0 fully saturated rings. The van der Waals surface area contributed by atoms with E-state index in [0.29, 0.717) is 0 Å². The van der Waals surface area contributed by atoms with E-state index >= 15 is 0 Å². The molecule has 0 aliphatic rings. The Morgan fingerprint density at radius 1 is 0.370 bits per heavy atom. The molecule has 0 saturated carbocycles. The summed E-state index contributed by atoms with van der Waals surface area (Å²) >= 11 is 0. The molecule has 0 bridgehead atoms. The molecule has 4 nitrogen and oxygen atoms in total. The van der Waals surface area contributed by atoms with Crippen molar-refractivity contribution in [3.05, 3.63) is 0 Å². The molecular formula is C40H76Ag2O4. The van der Waals surface area contributed by atoms with Crippen LogP contribution in [-0.2, 0) is 54.3 Å². The largest absolute Gasteiger partial charge is 1.00 e. The van der Waals surface area contributed by atoms with E-state index < -0.39 is 11.9 Å². The second-order valence-electron chi connectivity index (χ2n) is 14.0. The molecule has 0 N–H and O–H groups in total. The van der Waals surface area contributed by atoms with Gasteiger partial charge in [-0.15, -0.1) is 0 Å². The summed E-state index contributed by atoms with van der Waals surface area (Å²) in [6.07, 6.45) is 44.4. The van der Waals surface area contributed by atoms with Crippen LogP contribution in [0, 0.1) is 5.92 Å². The molecule has 0 rings (SSSR count). The van der Waals surface area contributed by atoms with E-state index in [2.05, 4.69) is 6.92 Å². The molecule has 1 atom stereocenters. The van der Waals surface area contributed by atoms with Crippen LogP contribution < -0.4 is 10.2 Å². The van der Waals surface area contributed by atoms with Crippen LogP contribution in [0.2, 0.25) is 0 Å². The number of rotatable bonds is 38. The Hall–Kier alpha value is 0.421. The fourth-order valence-electron chi connectivity index (χ4n) is 6.63. The van der Waals surface area contributed by atoms with Crippen LogP contribution >= 0.6 is 0 Å². The van der Waals surface area contributed by atoms with Gasteiger partial charge in [0.15, 0.2) is 0 Å². The van der Waals surface area contributed by atoms with E-state index in [1.807, 2.05) is 0 Å². The maximum atomic E-state index is 11.6. The van der Waals surface area contributed by atoms with Crippen molar-refractivity contribution in [2.75, 3.05) is 0 Å². The molecule has 0 amide bonds. The second-order valence-corrected chi connectivity index (χ2v) is 14.0. The molecule has 0 spiro atoms. The van der Waals surface area contributed by atoms with Gasteiger partial charge >= 0.3 is 44.8 Å². The molecule has 0 saturated heterocycles. The SMILES string of the molecule is CCCCCCCCCCCCCCCCCCCCC(CCCCCCCCCCCCCCCCCC(=O)[O-])C(=O)[O-].[Ag+].[Ag+]. The number of hydrogen-bond donors (Lipinski definition) is 0. The minimum atomic E-state index is -0.921. The van der Waals surface area contributed by atoms with Crippen molar-refractivity contribution in [1.82, 2.24) is 0 Å². The van der Waals surface area contributed by atoms with E-state index in [0.717, 1.165) is 51.4 Å². The zero-order chi connectivity index (χ0) is 32.2. The zero-order valence-corrected chi connectivity index (χ0v) is 33.2. The van der Waals surface area contributed by atoms with E-state index in [1.54, 1.807) is 0 Å². The summed E-state index contributed by atoms with van der Waals surface area (Å²) < 4.78 is 0. The van der Waals surface area contributed by atoms with Gasteiger partial charge in [-0.1, -0.05) is 212 Å². The summed E-state index contributed by atoms with van der Waals surface area (Å²) in [5.74, 6) is -1.98. The third-order valence-electron chi connectivity index (χ3n) is 9.67. The molecule has 1 unspecified atom stereocenters. The van der Waals surface area contributed by atoms with Crippen molar-refractivity contribution in [2.24, 2.45) is 5.92 Å². The summed E-state index contributed by atoms with van der Waals surface area (Å²) in [6, 6.07) is 0. The third kappa shape index (κ3) is 42.4. The van der Waals surface area contributed by atoms with Gasteiger partial charge in [-0.05, 0) is 31.6 Å². The Labute approximate surface area is 318 Å². The predicted octanol–water partition coefficient (Wildman–Crippen LogP) is 11.2. The van der Waals surface area contributed by atoms with Crippen molar-refractivity contribution in [1.29, 1.82) is 0 Å². The topological polar surface area (TPSA) is 80.3 Å². The van der Waals surface area contributed by atoms with Gasteiger partial charge in [-0.3, -0.25) is 0 Å². The van der Waals surface area contributed by atoms with Gasteiger partial charge in [0.1, 0.15) is 0 Å². The Balaban J connectivity index is -0.00000924. The Morgan fingerprint density at radius 3 is 0.804 bits per heavy atom. The number of carboxylic acid groups (broad SMARTS) is 2. The van der Waals surface area contributed by atoms with Crippen molar-refractivity contribution >= 4 is 11.9 Å². The molecule has 0 aromatic carbocycles. The minimum absolute atomic E-state index is 0. The van der Waals surface area contributed by atoms with Gasteiger partial charge in [-0.25, -0.2) is 0 Å². The summed E-state index contributed by atoms with van der Waals surface area (Å²) in [5.41, 5.74) is 0. The number of carbonyl (C=O) groups excluding carboxylic acids is 2. The van der Waals surface area contributed by atoms with E-state index in [4.69, 9.17) is 0 Å². The smallest absolute Gasteiger partial charge is 0.550 e. The summed E-state index contributed by atoms with van der Waals surface area (Å²) in [4.78, 5) is 22.0. The van der Waals surface area contributed by atoms with Gasteiger partial charge in [0, 0.05) is 11.9 Å². The maximum Gasteiger partial charge on any atom is 1.00 e. The van der Waals surface area contributed by atoms with E-state index in [-0.39, 0.29) is 57.1 Å². The second kappa shape index (κ2) is 43.4. The first kappa shape index (κ1) is 50.8. The zero-order valence-electron chi connectivity index (χ0n) is 30.3. The fraction of sp³-hybridized carbons (Fsp3) is 0.950. The Bertz CT molecular complexity index is 602. The molecular weight excluding hydrogens is 760 g/mol. The van der Waals surface area contributed by atoms with Crippen molar-refractivity contribution in [3.8, 4) is 0 Å². The van der Waals surface area contributed by atoms with Gasteiger partial charge in [0.25, 0.3) is 0 Å². The van der Waals surface area contributed by atoms with E-state index in [1.165, 1.54) is 173 Å². The van der Waals surface area contributed by atoms with Crippen molar-refractivity contribution in [3.63, 3.8) is 0 Å². The van der Waals surface area contributed by atoms with Crippen LogP contribution in [-0.4, -0.2) is 11.9 Å². The first-order valence-corrected chi connectivity index (χ1v) is 20.0. The summed E-state index contributed by atoms with van der Waals surface area (Å²) in [6.45, 7) is 2.29. The van der Waals surface area contributed by atoms with Crippen LogP contribution in [0.3, 0.4) is 0 Å². The normalized spacial score (nSPS) is 11.6. The first-order chi connectivity index (χ1) is 21.6. The van der Waals surface area contributed by atoms with Crippen molar-refractivity contribution in [2.45, 2.75) is 238 Å². The molecule has 0 aliphatic carbocycles. The van der Waals surface area contributed by atoms with Gasteiger partial charge in [0.05, 0.1) is 0 Å². The van der Waals surface area contributed by atoms with Gasteiger partial charge < -0.3 is 19.8 Å². The van der Waals surface area contributed by atoms with Crippen LogP contribution in [0.5, 0.6) is 0 Å². The van der Waals surface area contributed by atoms with Crippen molar-refractivity contribution < 1.29 is 64.6 Å². The van der Waals surface area contributed by atoms with E-state index in [9.17, 15) is 19.8 Å². The standard InChI is InChI=1S/C40H78O4.2Ag/c1-2-3-4-5-6-7-8-9-10-11-12-14-17-20-23-26-29-32-35-38(40(43)44)36-33-30-27-24-21-18-15-13-16-19-22-25-28-31-34-37-39(41)42;;/h38H,2-37H2,1H3,(H,41,42)(H,43,44);;/q;2*+1/p-2. The number of unbranched alkanes of at least 4 members (excludes halogenated alkanes) is 31. The molecule has 282 valence electrons. The number of carbonyl (C=O) groups is 2. The minimum Gasteiger partial charge on any atom is -0.550 e. The molecule has 6 heteroatoms. The van der Waals surface area contributed by atoms with Crippen LogP contribution in [0.15, 0.2) is 0 Å². The van der Waals surface area contributed by atoms with Gasteiger partial charge in [0.2, 0.25) is 0 Å². The molecule has 0 aromatic heterocycles. The Morgan fingerprint density at radius 2 is 0.587 bits per heavy atom. The molecule has 0 aromatic rings. The summed E-state index contributed by atoms with van der Waals surface area (Å²) in [7, 11) is 0. The molecule has 46 heavy (non-hydrogen) atoms. The number of carboxylic acids is 2. The molecule has 0 heterocycles. The third-order valence-corrected chi connectivity index (χ3v) is 9.67. The first-order valence-electron chi connectivity index (χ1n) is 20.0. The van der Waals surface area contributed by atoms with Crippen LogP contribution in [0.25, 0.3) is 0 Å². The monoisotopic (exact) mass is 834 g/mol. The average molecular weight is 837 g/mol. The average Bonchev–Trinajstić information content (AvgIpc) is 3.00.